The van der Waals surface area contributed by atoms with E-state index < -0.39 is 84.6 Å². The number of nitrogens with zero attached hydrogens (tertiary/aromatic N) is 4. The lowest BCUT2D eigenvalue weighted by atomic mass is 9.87. The van der Waals surface area contributed by atoms with Crippen molar-refractivity contribution in [3.63, 3.8) is 0 Å². The van der Waals surface area contributed by atoms with Gasteiger partial charge in [0.2, 0.25) is 11.8 Å². The van der Waals surface area contributed by atoms with Crippen LogP contribution in [0.1, 0.15) is 46.8 Å². The van der Waals surface area contributed by atoms with Crippen molar-refractivity contribution in [2.24, 2.45) is 11.3 Å². The number of amides is 2. The molecule has 4 unspecified atom stereocenters. The van der Waals surface area contributed by atoms with Crippen LogP contribution in [0.5, 0.6) is 0 Å². The highest BCUT2D eigenvalue weighted by Crippen LogP contribution is 2.61. The molecule has 3 rings (SSSR count). The SMILES string of the molecule is C/C=C/C([CH]CC)C(=O)SCCNC(=O)CCNC(=O)C(O)C(C)(C)COP(=O)(O)OP(=O)(O)OC[C@@H]1O[C@H](n2cnc3c(N)ncnc32)[C@@H](O)[C@H]1OP(=O)(O)O. The zero-order valence-electron chi connectivity index (χ0n) is 31.1. The number of nitrogens with one attached hydrogen (secondary N) is 2. The number of imidazole rings is 1. The van der Waals surface area contributed by atoms with Crippen LogP contribution >= 0.6 is 35.2 Å². The van der Waals surface area contributed by atoms with Crippen molar-refractivity contribution in [3.05, 3.63) is 31.2 Å². The van der Waals surface area contributed by atoms with Gasteiger partial charge in [0, 0.05) is 36.6 Å². The van der Waals surface area contributed by atoms with E-state index in [1.807, 2.05) is 20.3 Å². The van der Waals surface area contributed by atoms with Gasteiger partial charge < -0.3 is 50.9 Å². The van der Waals surface area contributed by atoms with Gasteiger partial charge in [-0.3, -0.25) is 32.5 Å². The Kier molecular flexibility index (Phi) is 17.9. The number of carbonyl (C=O) groups is 3. The van der Waals surface area contributed by atoms with Gasteiger partial charge in [-0.1, -0.05) is 51.1 Å². The summed E-state index contributed by atoms with van der Waals surface area (Å²) in [5.41, 5.74) is 4.26. The number of aliphatic hydroxyl groups excluding tert-OH is 2. The highest BCUT2D eigenvalue weighted by molar-refractivity contribution is 8.13. The van der Waals surface area contributed by atoms with Crippen molar-refractivity contribution in [1.29, 1.82) is 0 Å². The summed E-state index contributed by atoms with van der Waals surface area (Å²) in [7, 11) is -16.4. The van der Waals surface area contributed by atoms with E-state index >= 15 is 0 Å². The van der Waals surface area contributed by atoms with Gasteiger partial charge in [0.15, 0.2) is 22.8 Å². The quantitative estimate of drug-likeness (QED) is 0.0416. The van der Waals surface area contributed by atoms with E-state index in [1.165, 1.54) is 13.8 Å². The summed E-state index contributed by atoms with van der Waals surface area (Å²) in [5, 5.41) is 26.4. The predicted molar refractivity (Wildman–Crippen MR) is 200 cm³/mol. The van der Waals surface area contributed by atoms with Gasteiger partial charge in [-0.25, -0.2) is 28.6 Å². The summed E-state index contributed by atoms with van der Waals surface area (Å²) in [6.07, 6.45) is -0.751. The third kappa shape index (κ3) is 14.8. The number of hydrogen-bond donors (Lipinski definition) is 9. The molecule has 24 nitrogen and oxygen atoms in total. The molecule has 0 spiro atoms. The number of nitrogen functional groups attached to an aromatic ring is 1. The average molecular weight is 891 g/mol. The number of nitrogens with two attached hydrogens (primary N) is 1. The Morgan fingerprint density at radius 1 is 1.09 bits per heavy atom. The van der Waals surface area contributed by atoms with Crippen LogP contribution in [-0.2, 0) is 50.7 Å². The second-order valence-electron chi connectivity index (χ2n) is 12.9. The monoisotopic (exact) mass is 890 g/mol. The Morgan fingerprint density at radius 2 is 1.77 bits per heavy atom. The van der Waals surface area contributed by atoms with Gasteiger partial charge in [0.05, 0.1) is 19.5 Å². The number of anilines is 1. The zero-order valence-corrected chi connectivity index (χ0v) is 34.6. The van der Waals surface area contributed by atoms with Crippen molar-refractivity contribution in [2.45, 2.75) is 71.2 Å². The first-order valence-electron chi connectivity index (χ1n) is 17.0. The van der Waals surface area contributed by atoms with E-state index in [-0.39, 0.29) is 47.5 Å². The standard InChI is InChI=1S/C29H47N7O17P3S/c1-5-7-17(8-6-2)28(41)57-12-11-31-19(37)9-10-32-26(40)23(39)29(3,4)14-50-56(47,48)53-55(45,46)49-13-18-22(52-54(42,43)44)21(38)27(51-18)36-16-35-20-24(30)33-15-34-25(20)36/h5,7-8,15-18,21-23,27,38-39H,6,9-14H2,1-4H3,(H,31,37)(H,32,40)(H,45,46)(H,47,48)(H2,30,33,34)(H2,42,43,44)/b7-5+/t17?,18-,21-,22-,23?,27-/m0/s1. The molecule has 10 N–H and O–H groups in total. The van der Waals surface area contributed by atoms with E-state index in [0.717, 1.165) is 35.4 Å². The highest BCUT2D eigenvalue weighted by atomic mass is 32.2. The molecule has 1 radical (unpaired) electrons. The summed E-state index contributed by atoms with van der Waals surface area (Å²) >= 11 is 1.08. The van der Waals surface area contributed by atoms with Crippen LogP contribution in [0.15, 0.2) is 24.8 Å². The number of phosphoric ester groups is 3. The molecular formula is C29H47N7O17P3S. The average Bonchev–Trinajstić information content (AvgIpc) is 3.67. The lowest BCUT2D eigenvalue weighted by Gasteiger charge is -2.30. The molecule has 321 valence electrons. The molecule has 2 aromatic rings. The number of carbonyl (C=O) groups excluding carboxylic acids is 3. The third-order valence-electron chi connectivity index (χ3n) is 7.91. The first kappa shape index (κ1) is 48.7. The Balaban J connectivity index is 1.48. The summed E-state index contributed by atoms with van der Waals surface area (Å²) in [6, 6.07) is 0. The van der Waals surface area contributed by atoms with E-state index in [4.69, 9.17) is 19.5 Å². The lowest BCUT2D eigenvalue weighted by Crippen LogP contribution is -2.46. The van der Waals surface area contributed by atoms with Crippen LogP contribution in [0.25, 0.3) is 11.2 Å². The molecule has 0 bridgehead atoms. The van der Waals surface area contributed by atoms with Crippen molar-refractivity contribution in [3.8, 4) is 0 Å². The first-order valence-corrected chi connectivity index (χ1v) is 22.5. The number of ether oxygens (including phenoxy) is 1. The molecule has 0 aromatic carbocycles. The Hall–Kier alpha value is -2.70. The number of phosphoric acid groups is 3. The first-order chi connectivity index (χ1) is 26.5. The number of allylic oxidation sites excluding steroid dienone is 2. The van der Waals surface area contributed by atoms with Gasteiger partial charge in [0.1, 0.15) is 36.3 Å². The summed E-state index contributed by atoms with van der Waals surface area (Å²) in [6.45, 7) is 4.22. The number of hydrogen-bond acceptors (Lipinski definition) is 18. The largest absolute Gasteiger partial charge is 0.481 e. The molecular weight excluding hydrogens is 843 g/mol. The van der Waals surface area contributed by atoms with Crippen molar-refractivity contribution >= 4 is 69.1 Å². The minimum Gasteiger partial charge on any atom is -0.386 e. The lowest BCUT2D eigenvalue weighted by molar-refractivity contribution is -0.137. The normalized spacial score (nSPS) is 22.2. The van der Waals surface area contributed by atoms with Crippen LogP contribution in [0.3, 0.4) is 0 Å². The van der Waals surface area contributed by atoms with Crippen molar-refractivity contribution < 1.29 is 80.5 Å². The van der Waals surface area contributed by atoms with E-state index in [2.05, 4.69) is 34.4 Å². The van der Waals surface area contributed by atoms with Crippen LogP contribution < -0.4 is 16.4 Å². The minimum absolute atomic E-state index is 0.0300. The zero-order chi connectivity index (χ0) is 42.8. The van der Waals surface area contributed by atoms with Gasteiger partial charge in [-0.2, -0.15) is 4.31 Å². The Morgan fingerprint density at radius 3 is 2.42 bits per heavy atom. The number of aliphatic hydroxyl groups is 2. The summed E-state index contributed by atoms with van der Waals surface area (Å²) in [5.74, 6) is -1.45. The number of rotatable bonds is 23. The van der Waals surface area contributed by atoms with Crippen LogP contribution in [0.4, 0.5) is 5.82 Å². The fourth-order valence-electron chi connectivity index (χ4n) is 5.09. The third-order valence-corrected chi connectivity index (χ3v) is 12.0. The molecule has 2 aromatic heterocycles. The molecule has 28 heteroatoms. The maximum absolute atomic E-state index is 12.7. The molecule has 1 fully saturated rings. The Bertz CT molecular complexity index is 1880. The fourth-order valence-corrected chi connectivity index (χ4v) is 8.69. The maximum atomic E-state index is 12.7. The van der Waals surface area contributed by atoms with E-state index in [1.54, 1.807) is 12.2 Å². The highest BCUT2D eigenvalue weighted by Gasteiger charge is 2.50. The number of aromatic nitrogens is 4. The summed E-state index contributed by atoms with van der Waals surface area (Å²) < 4.78 is 62.1. The molecule has 1 saturated heterocycles. The summed E-state index contributed by atoms with van der Waals surface area (Å²) in [4.78, 5) is 88.0. The van der Waals surface area contributed by atoms with Gasteiger partial charge in [0.25, 0.3) is 0 Å². The molecule has 0 saturated carbocycles. The molecule has 1 aliphatic rings. The van der Waals surface area contributed by atoms with Gasteiger partial charge in [-0.15, -0.1) is 0 Å². The molecule has 8 atom stereocenters. The fraction of sp³-hybridized carbons (Fsp3) is 0.621. The second-order valence-corrected chi connectivity index (χ2v) is 18.3. The smallest absolute Gasteiger partial charge is 0.386 e. The molecule has 3 heterocycles. The van der Waals surface area contributed by atoms with Crippen LogP contribution in [0, 0.1) is 17.8 Å². The van der Waals surface area contributed by atoms with Crippen LogP contribution in [-0.4, -0.2) is 123 Å². The molecule has 0 aliphatic carbocycles. The number of fused-ring (bicyclic) bond motifs is 1. The van der Waals surface area contributed by atoms with E-state index in [0.29, 0.717) is 5.75 Å². The molecule has 57 heavy (non-hydrogen) atoms. The van der Waals surface area contributed by atoms with Crippen molar-refractivity contribution in [2.75, 3.05) is 37.8 Å². The van der Waals surface area contributed by atoms with Crippen LogP contribution in [0.2, 0.25) is 0 Å². The molecule has 2 amide bonds. The minimum atomic E-state index is -5.57. The van der Waals surface area contributed by atoms with Crippen molar-refractivity contribution in [1.82, 2.24) is 30.2 Å². The van der Waals surface area contributed by atoms with E-state index in [9.17, 15) is 57.9 Å². The Labute approximate surface area is 330 Å². The molecule has 1 aliphatic heterocycles. The van der Waals surface area contributed by atoms with Gasteiger partial charge in [-0.05, 0) is 13.3 Å². The second kappa shape index (κ2) is 21.0. The topological polar surface area (TPSA) is 364 Å². The predicted octanol–water partition coefficient (Wildman–Crippen LogP) is 0.471. The maximum Gasteiger partial charge on any atom is 0.481 e. The van der Waals surface area contributed by atoms with Gasteiger partial charge >= 0.3 is 23.5 Å². The number of thioether (sulfide) groups is 1.